The second-order valence-electron chi connectivity index (χ2n) is 6.40. The van der Waals surface area contributed by atoms with E-state index in [1.807, 2.05) is 4.90 Å². The molecule has 3 rings (SSSR count). The molecule has 5 nitrogen and oxygen atoms in total. The van der Waals surface area contributed by atoms with Crippen LogP contribution < -0.4 is 10.5 Å². The van der Waals surface area contributed by atoms with Crippen LogP contribution in [0.25, 0.3) is 5.69 Å². The quantitative estimate of drug-likeness (QED) is 0.766. The summed E-state index contributed by atoms with van der Waals surface area (Å²) in [6.45, 7) is 5.32. The van der Waals surface area contributed by atoms with Gasteiger partial charge in [0.1, 0.15) is 5.02 Å². The highest BCUT2D eigenvalue weighted by molar-refractivity contribution is 7.86. The summed E-state index contributed by atoms with van der Waals surface area (Å²) in [7, 11) is -0.880. The molecule has 1 aliphatic rings. The summed E-state index contributed by atoms with van der Waals surface area (Å²) in [5.41, 5.74) is 0.825. The molecular formula is C18H21Cl2N3O2S. The molecule has 26 heavy (non-hydrogen) atoms. The van der Waals surface area contributed by atoms with Crippen LogP contribution >= 0.6 is 23.2 Å². The third kappa shape index (κ3) is 3.42. The molecule has 1 saturated heterocycles. The zero-order chi connectivity index (χ0) is 18.9. The zero-order valence-corrected chi connectivity index (χ0v) is 17.1. The number of anilines is 1. The SMILES string of the molecule is CCC1(CC)CN(c2cnn(-c3ccc(Cl)cc3)c(=O)c2Cl)CCS1=O. The first kappa shape index (κ1) is 19.4. The lowest BCUT2D eigenvalue weighted by molar-refractivity contribution is 0.495. The standard InChI is InChI=1S/C18H21Cl2N3O2S/c1-3-18(4-2)12-22(9-10-26(18)25)15-11-21-23(17(24)16(15)20)14-7-5-13(19)6-8-14/h5-8,11H,3-4,9-10,12H2,1-2H3. The number of halogens is 2. The predicted octanol–water partition coefficient (Wildman–Crippen LogP) is 3.67. The lowest BCUT2D eigenvalue weighted by Gasteiger charge is -2.42. The summed E-state index contributed by atoms with van der Waals surface area (Å²) in [5.74, 6) is 0.568. The molecule has 2 aromatic rings. The van der Waals surface area contributed by atoms with E-state index in [1.54, 1.807) is 30.5 Å². The van der Waals surface area contributed by atoms with Crippen LogP contribution in [-0.4, -0.2) is 37.6 Å². The molecule has 140 valence electrons. The summed E-state index contributed by atoms with van der Waals surface area (Å²) >= 11 is 12.3. The first-order valence-electron chi connectivity index (χ1n) is 8.59. The Morgan fingerprint density at radius 2 is 1.85 bits per heavy atom. The second kappa shape index (κ2) is 7.71. The summed E-state index contributed by atoms with van der Waals surface area (Å²) in [5, 5.41) is 5.00. The molecule has 1 aliphatic heterocycles. The first-order valence-corrected chi connectivity index (χ1v) is 10.7. The lowest BCUT2D eigenvalue weighted by Crippen LogP contribution is -2.53. The Balaban J connectivity index is 1.97. The fraction of sp³-hybridized carbons (Fsp3) is 0.444. The van der Waals surface area contributed by atoms with Crippen molar-refractivity contribution in [2.45, 2.75) is 31.4 Å². The molecule has 1 fully saturated rings. The number of nitrogens with zero attached hydrogens (tertiary/aromatic N) is 3. The lowest BCUT2D eigenvalue weighted by atomic mass is 10.0. The van der Waals surface area contributed by atoms with E-state index >= 15 is 0 Å². The first-order chi connectivity index (χ1) is 12.4. The molecule has 1 atom stereocenters. The smallest absolute Gasteiger partial charge is 0.292 e. The fourth-order valence-electron chi connectivity index (χ4n) is 3.32. The molecule has 0 N–H and O–H groups in total. The minimum absolute atomic E-state index is 0.128. The average molecular weight is 414 g/mol. The maximum atomic E-state index is 12.7. The van der Waals surface area contributed by atoms with Gasteiger partial charge in [0.25, 0.3) is 5.56 Å². The molecule has 0 radical (unpaired) electrons. The Kier molecular flexibility index (Phi) is 5.75. The van der Waals surface area contributed by atoms with Gasteiger partial charge >= 0.3 is 0 Å². The third-order valence-corrected chi connectivity index (χ3v) is 7.94. The maximum absolute atomic E-state index is 12.7. The normalized spacial score (nSPS) is 19.5. The molecule has 0 aliphatic carbocycles. The largest absolute Gasteiger partial charge is 0.366 e. The Hall–Kier alpha value is -1.37. The van der Waals surface area contributed by atoms with Crippen LogP contribution in [0.4, 0.5) is 5.69 Å². The highest BCUT2D eigenvalue weighted by Gasteiger charge is 2.39. The van der Waals surface area contributed by atoms with Gasteiger partial charge in [0.15, 0.2) is 0 Å². The van der Waals surface area contributed by atoms with Crippen molar-refractivity contribution in [1.29, 1.82) is 0 Å². The number of benzene rings is 1. The molecular weight excluding hydrogens is 393 g/mol. The molecule has 0 saturated carbocycles. The van der Waals surface area contributed by atoms with Gasteiger partial charge in [-0.05, 0) is 37.1 Å². The number of rotatable bonds is 4. The van der Waals surface area contributed by atoms with E-state index in [9.17, 15) is 9.00 Å². The van der Waals surface area contributed by atoms with Gasteiger partial charge in [0.05, 0.1) is 22.3 Å². The zero-order valence-electron chi connectivity index (χ0n) is 14.7. The van der Waals surface area contributed by atoms with Crippen molar-refractivity contribution in [1.82, 2.24) is 9.78 Å². The summed E-state index contributed by atoms with van der Waals surface area (Å²) in [6.07, 6.45) is 3.25. The van der Waals surface area contributed by atoms with Crippen molar-refractivity contribution in [3.05, 3.63) is 50.9 Å². The van der Waals surface area contributed by atoms with E-state index in [4.69, 9.17) is 23.2 Å². The van der Waals surface area contributed by atoms with Crippen molar-refractivity contribution in [2.24, 2.45) is 0 Å². The molecule has 1 aromatic heterocycles. The molecule has 1 unspecified atom stereocenters. The van der Waals surface area contributed by atoms with Crippen LogP contribution in [0.1, 0.15) is 26.7 Å². The van der Waals surface area contributed by atoms with Gasteiger partial charge in [-0.1, -0.05) is 37.0 Å². The van der Waals surface area contributed by atoms with Gasteiger partial charge in [-0.3, -0.25) is 9.00 Å². The van der Waals surface area contributed by atoms with Gasteiger partial charge < -0.3 is 4.90 Å². The van der Waals surface area contributed by atoms with Crippen LogP contribution in [0.2, 0.25) is 10.0 Å². The summed E-state index contributed by atoms with van der Waals surface area (Å²) in [6, 6.07) is 6.83. The van der Waals surface area contributed by atoms with Crippen molar-refractivity contribution >= 4 is 39.7 Å². The molecule has 0 amide bonds. The van der Waals surface area contributed by atoms with Gasteiger partial charge in [0, 0.05) is 34.7 Å². The topological polar surface area (TPSA) is 55.2 Å². The van der Waals surface area contributed by atoms with Crippen molar-refractivity contribution in [3.63, 3.8) is 0 Å². The number of aromatic nitrogens is 2. The summed E-state index contributed by atoms with van der Waals surface area (Å²) < 4.78 is 13.5. The van der Waals surface area contributed by atoms with Crippen molar-refractivity contribution < 1.29 is 4.21 Å². The van der Waals surface area contributed by atoms with Crippen LogP contribution in [0, 0.1) is 0 Å². The highest BCUT2D eigenvalue weighted by Crippen LogP contribution is 2.33. The van der Waals surface area contributed by atoms with E-state index in [-0.39, 0.29) is 15.3 Å². The highest BCUT2D eigenvalue weighted by atomic mass is 35.5. The molecule has 0 bridgehead atoms. The predicted molar refractivity (Wildman–Crippen MR) is 108 cm³/mol. The minimum Gasteiger partial charge on any atom is -0.366 e. The van der Waals surface area contributed by atoms with Crippen molar-refractivity contribution in [2.75, 3.05) is 23.7 Å². The average Bonchev–Trinajstić information content (AvgIpc) is 2.66. The Morgan fingerprint density at radius 3 is 2.46 bits per heavy atom. The number of hydrogen-bond donors (Lipinski definition) is 0. The second-order valence-corrected chi connectivity index (χ2v) is 9.18. The van der Waals surface area contributed by atoms with Gasteiger partial charge in [-0.25, -0.2) is 0 Å². The van der Waals surface area contributed by atoms with Gasteiger partial charge in [0.2, 0.25) is 0 Å². The van der Waals surface area contributed by atoms with Crippen LogP contribution in [-0.2, 0) is 10.8 Å². The van der Waals surface area contributed by atoms with E-state index in [1.165, 1.54) is 4.68 Å². The molecule has 2 heterocycles. The van der Waals surface area contributed by atoms with E-state index in [2.05, 4.69) is 18.9 Å². The Bertz CT molecular complexity index is 879. The fourth-order valence-corrected chi connectivity index (χ4v) is 5.46. The van der Waals surface area contributed by atoms with Crippen molar-refractivity contribution in [3.8, 4) is 5.69 Å². The Labute approximate surface area is 165 Å². The van der Waals surface area contributed by atoms with Crippen LogP contribution in [0.15, 0.2) is 35.3 Å². The van der Waals surface area contributed by atoms with Crippen LogP contribution in [0.3, 0.4) is 0 Å². The minimum atomic E-state index is -0.880. The van der Waals surface area contributed by atoms with Gasteiger partial charge in [-0.15, -0.1) is 0 Å². The van der Waals surface area contributed by atoms with E-state index < -0.39 is 10.8 Å². The monoisotopic (exact) mass is 413 g/mol. The molecule has 8 heteroatoms. The Morgan fingerprint density at radius 1 is 1.19 bits per heavy atom. The third-order valence-electron chi connectivity index (χ3n) is 5.11. The van der Waals surface area contributed by atoms with E-state index in [0.29, 0.717) is 35.2 Å². The molecule has 0 spiro atoms. The summed E-state index contributed by atoms with van der Waals surface area (Å²) in [4.78, 5) is 14.8. The van der Waals surface area contributed by atoms with Crippen LogP contribution in [0.5, 0.6) is 0 Å². The maximum Gasteiger partial charge on any atom is 0.292 e. The number of hydrogen-bond acceptors (Lipinski definition) is 4. The molecule has 1 aromatic carbocycles. The van der Waals surface area contributed by atoms with E-state index in [0.717, 1.165) is 12.8 Å². The van der Waals surface area contributed by atoms with Gasteiger partial charge in [-0.2, -0.15) is 9.78 Å².